The van der Waals surface area contributed by atoms with Gasteiger partial charge in [0.05, 0.1) is 6.04 Å². The average Bonchev–Trinajstić information content (AvgIpc) is 2.57. The minimum atomic E-state index is -0.823. The van der Waals surface area contributed by atoms with Gasteiger partial charge in [0.1, 0.15) is 17.9 Å². The number of alkyl carbamates (subject to hydrolysis) is 1. The largest absolute Gasteiger partial charge is 0.444 e. The number of ether oxygens (including phenoxy) is 1. The molecule has 0 saturated heterocycles. The molecule has 0 unspecified atom stereocenters. The van der Waals surface area contributed by atoms with E-state index in [1.165, 1.54) is 0 Å². The number of amides is 2. The van der Waals surface area contributed by atoms with Crippen LogP contribution in [0.1, 0.15) is 52.5 Å². The van der Waals surface area contributed by atoms with Crippen molar-refractivity contribution in [3.05, 3.63) is 35.9 Å². The summed E-state index contributed by atoms with van der Waals surface area (Å²) in [6.07, 6.45) is 2.74. The first kappa shape index (κ1) is 21.7. The van der Waals surface area contributed by atoms with Gasteiger partial charge in [0.2, 0.25) is 5.91 Å². The maximum atomic E-state index is 12.6. The first-order valence-corrected chi connectivity index (χ1v) is 9.04. The van der Waals surface area contributed by atoms with Gasteiger partial charge >= 0.3 is 6.09 Å². The molecule has 0 saturated carbocycles. The molecule has 2 atom stereocenters. The van der Waals surface area contributed by atoms with Gasteiger partial charge in [-0.2, -0.15) is 0 Å². The molecule has 6 heteroatoms. The molecule has 0 heterocycles. The fourth-order valence-electron chi connectivity index (χ4n) is 2.39. The van der Waals surface area contributed by atoms with Gasteiger partial charge in [0, 0.05) is 6.42 Å². The highest BCUT2D eigenvalue weighted by Crippen LogP contribution is 2.09. The Balaban J connectivity index is 2.82. The lowest BCUT2D eigenvalue weighted by Crippen LogP contribution is -2.52. The molecule has 0 aliphatic heterocycles. The summed E-state index contributed by atoms with van der Waals surface area (Å²) in [5, 5.41) is 5.33. The molecule has 2 amide bonds. The third kappa shape index (κ3) is 8.65. The molecule has 1 aromatic rings. The predicted octanol–water partition coefficient (Wildman–Crippen LogP) is 3.00. The van der Waals surface area contributed by atoms with Gasteiger partial charge in [0.15, 0.2) is 0 Å². The van der Waals surface area contributed by atoms with Crippen LogP contribution < -0.4 is 10.6 Å². The minimum absolute atomic E-state index is 0.311. The lowest BCUT2D eigenvalue weighted by molar-refractivity contribution is -0.125. The fourth-order valence-corrected chi connectivity index (χ4v) is 2.39. The van der Waals surface area contributed by atoms with Crippen molar-refractivity contribution in [3.8, 4) is 0 Å². The number of benzene rings is 1. The van der Waals surface area contributed by atoms with Crippen LogP contribution in [0.2, 0.25) is 0 Å². The van der Waals surface area contributed by atoms with E-state index in [0.29, 0.717) is 12.8 Å². The van der Waals surface area contributed by atoms with E-state index in [2.05, 4.69) is 10.6 Å². The number of aldehydes is 1. The lowest BCUT2D eigenvalue weighted by Gasteiger charge is -2.24. The van der Waals surface area contributed by atoms with E-state index in [1.54, 1.807) is 20.8 Å². The monoisotopic (exact) mass is 362 g/mol. The number of carbonyl (C=O) groups is 3. The first-order valence-electron chi connectivity index (χ1n) is 9.04. The number of unbranched alkanes of at least 4 members (excludes halogenated alkanes) is 1. The third-order valence-corrected chi connectivity index (χ3v) is 3.65. The molecule has 0 bridgehead atoms. The molecule has 1 aromatic carbocycles. The van der Waals surface area contributed by atoms with Crippen molar-refractivity contribution in [1.82, 2.24) is 10.6 Å². The van der Waals surface area contributed by atoms with Crippen LogP contribution in [0.25, 0.3) is 0 Å². The van der Waals surface area contributed by atoms with E-state index < -0.39 is 29.7 Å². The summed E-state index contributed by atoms with van der Waals surface area (Å²) in [6.45, 7) is 7.29. The highest BCUT2D eigenvalue weighted by molar-refractivity contribution is 5.87. The Bertz CT molecular complexity index is 581. The number of hydrogen-bond donors (Lipinski definition) is 2. The van der Waals surface area contributed by atoms with Crippen molar-refractivity contribution in [2.45, 2.75) is 71.1 Å². The quantitative estimate of drug-likeness (QED) is 0.662. The van der Waals surface area contributed by atoms with E-state index in [-0.39, 0.29) is 0 Å². The van der Waals surface area contributed by atoms with Crippen LogP contribution in [0.5, 0.6) is 0 Å². The number of hydrogen-bond acceptors (Lipinski definition) is 4. The van der Waals surface area contributed by atoms with Crippen LogP contribution in [0.3, 0.4) is 0 Å². The Kier molecular flexibility index (Phi) is 8.82. The summed E-state index contributed by atoms with van der Waals surface area (Å²) in [7, 11) is 0. The third-order valence-electron chi connectivity index (χ3n) is 3.65. The van der Waals surface area contributed by atoms with Crippen molar-refractivity contribution < 1.29 is 19.1 Å². The molecule has 0 spiro atoms. The molecule has 0 radical (unpaired) electrons. The summed E-state index contributed by atoms with van der Waals surface area (Å²) < 4.78 is 5.25. The second kappa shape index (κ2) is 10.6. The Morgan fingerprint density at radius 3 is 2.35 bits per heavy atom. The number of nitrogens with one attached hydrogen (secondary N) is 2. The van der Waals surface area contributed by atoms with Gasteiger partial charge in [-0.15, -0.1) is 0 Å². The maximum Gasteiger partial charge on any atom is 0.408 e. The normalized spacial score (nSPS) is 13.4. The van der Waals surface area contributed by atoms with E-state index in [0.717, 1.165) is 24.7 Å². The molecule has 2 N–H and O–H groups in total. The molecule has 26 heavy (non-hydrogen) atoms. The molecule has 0 aliphatic carbocycles. The predicted molar refractivity (Wildman–Crippen MR) is 101 cm³/mol. The molecular weight excluding hydrogens is 332 g/mol. The van der Waals surface area contributed by atoms with Gasteiger partial charge < -0.3 is 20.2 Å². The van der Waals surface area contributed by atoms with Gasteiger partial charge in [-0.3, -0.25) is 4.79 Å². The van der Waals surface area contributed by atoms with E-state index >= 15 is 0 Å². The summed E-state index contributed by atoms with van der Waals surface area (Å²) in [5.41, 5.74) is 0.240. The van der Waals surface area contributed by atoms with Crippen molar-refractivity contribution >= 4 is 18.3 Å². The molecular formula is C20H30N2O4. The second-order valence-electron chi connectivity index (χ2n) is 7.28. The highest BCUT2D eigenvalue weighted by Gasteiger charge is 2.26. The molecule has 6 nitrogen and oxygen atoms in total. The van der Waals surface area contributed by atoms with Gasteiger partial charge in [-0.25, -0.2) is 4.79 Å². The van der Waals surface area contributed by atoms with Crippen LogP contribution >= 0.6 is 0 Å². The summed E-state index contributed by atoms with van der Waals surface area (Å²) in [5.74, 6) is -0.395. The highest BCUT2D eigenvalue weighted by atomic mass is 16.6. The van der Waals surface area contributed by atoms with E-state index in [4.69, 9.17) is 4.74 Å². The Morgan fingerprint density at radius 2 is 1.81 bits per heavy atom. The second-order valence-corrected chi connectivity index (χ2v) is 7.28. The lowest BCUT2D eigenvalue weighted by atomic mass is 10.0. The van der Waals surface area contributed by atoms with Crippen molar-refractivity contribution in [2.75, 3.05) is 0 Å². The maximum absolute atomic E-state index is 12.6. The van der Waals surface area contributed by atoms with Crippen molar-refractivity contribution in [3.63, 3.8) is 0 Å². The summed E-state index contributed by atoms with van der Waals surface area (Å²) >= 11 is 0. The zero-order valence-corrected chi connectivity index (χ0v) is 16.1. The van der Waals surface area contributed by atoms with Crippen LogP contribution in [0.4, 0.5) is 4.79 Å². The molecule has 0 aromatic heterocycles. The van der Waals surface area contributed by atoms with Gasteiger partial charge in [-0.05, 0) is 32.8 Å². The standard InChI is InChI=1S/C20H30N2O4/c1-5-6-12-16(14-23)21-18(24)17(13-15-10-8-7-9-11-15)22-19(25)26-20(2,3)4/h7-11,14,16-17H,5-6,12-13H2,1-4H3,(H,21,24)(H,22,25)/t16-,17-/m0/s1. The van der Waals surface area contributed by atoms with Gasteiger partial charge in [0.25, 0.3) is 0 Å². The zero-order valence-electron chi connectivity index (χ0n) is 16.1. The van der Waals surface area contributed by atoms with Crippen molar-refractivity contribution in [2.24, 2.45) is 0 Å². The number of carbonyl (C=O) groups excluding carboxylic acids is 3. The number of rotatable bonds is 9. The van der Waals surface area contributed by atoms with Crippen LogP contribution in [-0.2, 0) is 20.7 Å². The summed E-state index contributed by atoms with van der Waals surface area (Å²) in [4.78, 5) is 36.0. The minimum Gasteiger partial charge on any atom is -0.444 e. The Morgan fingerprint density at radius 1 is 1.15 bits per heavy atom. The zero-order chi connectivity index (χ0) is 19.6. The molecule has 144 valence electrons. The Labute approximate surface area is 155 Å². The summed E-state index contributed by atoms with van der Waals surface area (Å²) in [6, 6.07) is 8.00. The molecule has 0 fully saturated rings. The Hall–Kier alpha value is -2.37. The van der Waals surface area contributed by atoms with Crippen LogP contribution in [0.15, 0.2) is 30.3 Å². The van der Waals surface area contributed by atoms with Crippen LogP contribution in [-0.4, -0.2) is 36.0 Å². The molecule has 1 rings (SSSR count). The topological polar surface area (TPSA) is 84.5 Å². The van der Waals surface area contributed by atoms with Gasteiger partial charge in [-0.1, -0.05) is 50.1 Å². The average molecular weight is 362 g/mol. The smallest absolute Gasteiger partial charge is 0.408 e. The SMILES string of the molecule is CCCC[C@@H](C=O)NC(=O)[C@H](Cc1ccccc1)NC(=O)OC(C)(C)C. The first-order chi connectivity index (χ1) is 12.2. The van der Waals surface area contributed by atoms with Crippen molar-refractivity contribution in [1.29, 1.82) is 0 Å². The fraction of sp³-hybridized carbons (Fsp3) is 0.550. The van der Waals surface area contributed by atoms with E-state index in [1.807, 2.05) is 37.3 Å². The van der Waals surface area contributed by atoms with E-state index in [9.17, 15) is 14.4 Å². The van der Waals surface area contributed by atoms with Crippen LogP contribution in [0, 0.1) is 0 Å². The molecule has 0 aliphatic rings.